The minimum Gasteiger partial charge on any atom is -0.394 e. The highest BCUT2D eigenvalue weighted by Crippen LogP contribution is 2.24. The van der Waals surface area contributed by atoms with E-state index in [1.165, 1.54) is 29.7 Å². The summed E-state index contributed by atoms with van der Waals surface area (Å²) in [6, 6.07) is 3.17. The number of hydrogen-bond acceptors (Lipinski definition) is 5. The van der Waals surface area contributed by atoms with E-state index in [2.05, 4.69) is 10.6 Å². The monoisotopic (exact) mass is 419 g/mol. The third-order valence-electron chi connectivity index (χ3n) is 5.09. The van der Waals surface area contributed by atoms with Gasteiger partial charge in [0.05, 0.1) is 30.0 Å². The molecule has 1 heterocycles. The Morgan fingerprint density at radius 3 is 2.37 bits per heavy atom. The molecule has 0 aliphatic carbocycles. The van der Waals surface area contributed by atoms with Crippen molar-refractivity contribution >= 4 is 23.3 Å². The summed E-state index contributed by atoms with van der Waals surface area (Å²) in [7, 11) is 1.56. The van der Waals surface area contributed by atoms with E-state index in [0.29, 0.717) is 22.5 Å². The van der Waals surface area contributed by atoms with Crippen molar-refractivity contribution in [3.05, 3.63) is 52.1 Å². The first-order valence-corrected chi connectivity index (χ1v) is 9.37. The van der Waals surface area contributed by atoms with Crippen molar-refractivity contribution in [2.75, 3.05) is 11.9 Å². The predicted octanol–water partition coefficient (Wildman–Crippen LogP) is 1.38. The summed E-state index contributed by atoms with van der Waals surface area (Å²) >= 11 is 0. The fourth-order valence-electron chi connectivity index (χ4n) is 3.21. The van der Waals surface area contributed by atoms with Crippen molar-refractivity contribution in [3.8, 4) is 0 Å². The minimum atomic E-state index is -1.05. The van der Waals surface area contributed by atoms with Gasteiger partial charge in [0, 0.05) is 18.4 Å². The Bertz CT molecular complexity index is 997. The van der Waals surface area contributed by atoms with Gasteiger partial charge in [0.15, 0.2) is 0 Å². The van der Waals surface area contributed by atoms with Gasteiger partial charge in [0.25, 0.3) is 17.6 Å². The minimum absolute atomic E-state index is 0.0210. The molecule has 0 unspecified atom stereocenters. The summed E-state index contributed by atoms with van der Waals surface area (Å²) < 4.78 is 14.9. The first-order chi connectivity index (χ1) is 14.0. The number of nitrogens with zero attached hydrogens (tertiary/aromatic N) is 1. The van der Waals surface area contributed by atoms with Crippen molar-refractivity contribution in [2.24, 2.45) is 7.05 Å². The van der Waals surface area contributed by atoms with E-state index < -0.39 is 42.2 Å². The second-order valence-corrected chi connectivity index (χ2v) is 7.24. The molecule has 1 aromatic heterocycles. The topological polar surface area (TPSA) is 121 Å². The second kappa shape index (κ2) is 9.19. The number of rotatable bonds is 7. The lowest BCUT2D eigenvalue weighted by Crippen LogP contribution is -2.47. The molecule has 0 fully saturated rings. The maximum Gasteiger partial charge on any atom is 0.294 e. The molecule has 0 radical (unpaired) electrons. The maximum atomic E-state index is 13.5. The number of aryl methyl sites for hydroxylation is 1. The van der Waals surface area contributed by atoms with Gasteiger partial charge in [-0.1, -0.05) is 0 Å². The van der Waals surface area contributed by atoms with Crippen molar-refractivity contribution in [1.29, 1.82) is 0 Å². The van der Waals surface area contributed by atoms with Crippen LogP contribution in [-0.2, 0) is 11.8 Å². The van der Waals surface area contributed by atoms with Crippen LogP contribution in [0.25, 0.3) is 0 Å². The number of aromatic nitrogens is 1. The van der Waals surface area contributed by atoms with Gasteiger partial charge in [-0.2, -0.15) is 0 Å². The first-order valence-electron chi connectivity index (χ1n) is 9.37. The van der Waals surface area contributed by atoms with Gasteiger partial charge in [-0.05, 0) is 57.0 Å². The van der Waals surface area contributed by atoms with Crippen LogP contribution < -0.4 is 10.6 Å². The first kappa shape index (κ1) is 23.2. The summed E-state index contributed by atoms with van der Waals surface area (Å²) in [6.07, 6.45) is -1.05. The summed E-state index contributed by atoms with van der Waals surface area (Å²) in [6.45, 7) is 5.61. The zero-order valence-corrected chi connectivity index (χ0v) is 17.5. The molecule has 2 amide bonds. The van der Waals surface area contributed by atoms with Crippen LogP contribution in [-0.4, -0.2) is 51.1 Å². The highest BCUT2D eigenvalue weighted by atomic mass is 19.1. The number of hydrogen-bond donors (Lipinski definition) is 4. The smallest absolute Gasteiger partial charge is 0.294 e. The van der Waals surface area contributed by atoms with Gasteiger partial charge in [0.2, 0.25) is 0 Å². The Kier molecular flexibility index (Phi) is 7.12. The molecule has 2 aromatic rings. The summed E-state index contributed by atoms with van der Waals surface area (Å²) in [5, 5.41) is 23.8. The van der Waals surface area contributed by atoms with Crippen LogP contribution in [0.2, 0.25) is 0 Å². The van der Waals surface area contributed by atoms with Gasteiger partial charge in [-0.25, -0.2) is 4.39 Å². The van der Waals surface area contributed by atoms with E-state index in [1.807, 2.05) is 0 Å². The molecule has 162 valence electrons. The second-order valence-electron chi connectivity index (χ2n) is 7.24. The van der Waals surface area contributed by atoms with Gasteiger partial charge in [0.1, 0.15) is 5.82 Å². The molecule has 0 saturated carbocycles. The van der Waals surface area contributed by atoms with Gasteiger partial charge in [-0.3, -0.25) is 14.4 Å². The largest absolute Gasteiger partial charge is 0.394 e. The zero-order valence-electron chi connectivity index (χ0n) is 17.5. The van der Waals surface area contributed by atoms with Gasteiger partial charge >= 0.3 is 0 Å². The lowest BCUT2D eigenvalue weighted by molar-refractivity contribution is -0.118. The number of Topliss-reactive ketones (excluding diaryl/α,β-unsaturated/α-hetero) is 1. The van der Waals surface area contributed by atoms with E-state index in [4.69, 9.17) is 0 Å². The highest BCUT2D eigenvalue weighted by molar-refractivity contribution is 6.43. The number of anilines is 1. The predicted molar refractivity (Wildman–Crippen MR) is 109 cm³/mol. The molecule has 9 heteroatoms. The van der Waals surface area contributed by atoms with E-state index >= 15 is 0 Å². The van der Waals surface area contributed by atoms with Crippen molar-refractivity contribution in [1.82, 2.24) is 9.88 Å². The molecular weight excluding hydrogens is 393 g/mol. The van der Waals surface area contributed by atoms with Crippen LogP contribution in [0.3, 0.4) is 0 Å². The lowest BCUT2D eigenvalue weighted by atomic mass is 10.1. The fraction of sp³-hybridized carbons (Fsp3) is 0.381. The molecule has 30 heavy (non-hydrogen) atoms. The van der Waals surface area contributed by atoms with E-state index in [-0.39, 0.29) is 11.3 Å². The van der Waals surface area contributed by atoms with Gasteiger partial charge in [-0.15, -0.1) is 0 Å². The number of benzene rings is 1. The number of amides is 2. The van der Waals surface area contributed by atoms with E-state index in [1.54, 1.807) is 27.8 Å². The molecule has 0 saturated heterocycles. The van der Waals surface area contributed by atoms with E-state index in [0.717, 1.165) is 0 Å². The Balaban J connectivity index is 2.33. The Labute approximate surface area is 173 Å². The quantitative estimate of drug-likeness (QED) is 0.399. The number of nitrogens with one attached hydrogen (secondary N) is 2. The van der Waals surface area contributed by atoms with Crippen LogP contribution in [0.15, 0.2) is 18.2 Å². The molecule has 0 aliphatic rings. The molecule has 0 aliphatic heterocycles. The summed E-state index contributed by atoms with van der Waals surface area (Å²) in [5.74, 6) is -2.78. The average Bonchev–Trinajstić information content (AvgIpc) is 2.90. The molecule has 0 bridgehead atoms. The molecule has 0 spiro atoms. The van der Waals surface area contributed by atoms with Crippen molar-refractivity contribution in [3.63, 3.8) is 0 Å². The number of ketones is 1. The fourth-order valence-corrected chi connectivity index (χ4v) is 3.21. The molecule has 8 nitrogen and oxygen atoms in total. The summed E-state index contributed by atoms with van der Waals surface area (Å²) in [5.41, 5.74) is 1.80. The molecule has 1 aromatic carbocycles. The molecule has 2 atom stereocenters. The molecule has 2 rings (SSSR count). The normalized spacial score (nSPS) is 12.9. The Hall–Kier alpha value is -3.04. The number of aliphatic hydroxyl groups excluding tert-OH is 2. The standard InChI is InChI=1S/C21H26FN3O5/c1-10-8-14(6-7-15(10)22)23-20(29)17-11(2)18(25(5)12(17)3)19(28)21(30)24-16(9-26)13(4)27/h6-8,13,16,26-27H,9H2,1-5H3,(H,23,29)(H,24,30)/t13-,16-/m1/s1. The Morgan fingerprint density at radius 1 is 1.20 bits per heavy atom. The highest BCUT2D eigenvalue weighted by Gasteiger charge is 2.30. The zero-order chi connectivity index (χ0) is 22.7. The van der Waals surface area contributed by atoms with Crippen LogP contribution >= 0.6 is 0 Å². The maximum absolute atomic E-state index is 13.5. The van der Waals surface area contributed by atoms with Crippen LogP contribution in [0.4, 0.5) is 10.1 Å². The van der Waals surface area contributed by atoms with Crippen molar-refractivity contribution in [2.45, 2.75) is 39.8 Å². The van der Waals surface area contributed by atoms with Crippen LogP contribution in [0.5, 0.6) is 0 Å². The third kappa shape index (κ3) is 4.58. The van der Waals surface area contributed by atoms with Crippen molar-refractivity contribution < 1.29 is 29.0 Å². The number of halogens is 1. The van der Waals surface area contributed by atoms with Crippen LogP contribution in [0.1, 0.15) is 44.6 Å². The SMILES string of the molecule is Cc1cc(NC(=O)c2c(C)c(C(=O)C(=O)N[C@H](CO)[C@@H](C)O)n(C)c2C)ccc1F. The molecule has 4 N–H and O–H groups in total. The van der Waals surface area contributed by atoms with E-state index in [9.17, 15) is 29.0 Å². The Morgan fingerprint density at radius 2 is 1.83 bits per heavy atom. The third-order valence-corrected chi connectivity index (χ3v) is 5.09. The number of aliphatic hydroxyl groups is 2. The van der Waals surface area contributed by atoms with Crippen LogP contribution in [0, 0.1) is 26.6 Å². The average molecular weight is 419 g/mol. The number of carbonyl (C=O) groups is 3. The number of carbonyl (C=O) groups excluding carboxylic acids is 3. The lowest BCUT2D eigenvalue weighted by Gasteiger charge is -2.18. The summed E-state index contributed by atoms with van der Waals surface area (Å²) in [4.78, 5) is 37.9. The van der Waals surface area contributed by atoms with Gasteiger partial charge < -0.3 is 25.4 Å². The molecular formula is C21H26FN3O5.